The summed E-state index contributed by atoms with van der Waals surface area (Å²) in [6.45, 7) is 4.46. The molecule has 5 rings (SSSR count). The van der Waals surface area contributed by atoms with E-state index in [9.17, 15) is 9.59 Å². The molecule has 1 saturated heterocycles. The van der Waals surface area contributed by atoms with Crippen molar-refractivity contribution in [2.75, 3.05) is 0 Å². The van der Waals surface area contributed by atoms with E-state index in [1.807, 2.05) is 48.0 Å². The van der Waals surface area contributed by atoms with E-state index in [1.54, 1.807) is 11.0 Å². The molecule has 2 amide bonds. The van der Waals surface area contributed by atoms with E-state index in [0.717, 1.165) is 22.4 Å². The van der Waals surface area contributed by atoms with E-state index < -0.39 is 6.04 Å². The molecule has 2 aliphatic heterocycles. The zero-order valence-electron chi connectivity index (χ0n) is 16.7. The quantitative estimate of drug-likeness (QED) is 0.728. The van der Waals surface area contributed by atoms with E-state index in [1.165, 1.54) is 0 Å². The van der Waals surface area contributed by atoms with Crippen molar-refractivity contribution in [3.63, 3.8) is 0 Å². The molecule has 1 N–H and O–H groups in total. The zero-order chi connectivity index (χ0) is 20.8. The molecule has 0 bridgehead atoms. The number of nitrogens with one attached hydrogen (secondary N) is 1. The van der Waals surface area contributed by atoms with Gasteiger partial charge in [-0.05, 0) is 37.1 Å². The van der Waals surface area contributed by atoms with Crippen LogP contribution in [0.3, 0.4) is 0 Å². The van der Waals surface area contributed by atoms with Crippen LogP contribution < -0.4 is 10.1 Å². The molecular weight excluding hydrogens is 380 g/mol. The van der Waals surface area contributed by atoms with E-state index in [-0.39, 0.29) is 11.8 Å². The second kappa shape index (κ2) is 7.02. The number of imidazole rings is 1. The summed E-state index contributed by atoms with van der Waals surface area (Å²) in [5, 5.41) is 2.76. The Balaban J connectivity index is 1.38. The van der Waals surface area contributed by atoms with E-state index >= 15 is 0 Å². The maximum absolute atomic E-state index is 13.0. The zero-order valence-corrected chi connectivity index (χ0v) is 16.7. The van der Waals surface area contributed by atoms with Crippen molar-refractivity contribution in [1.82, 2.24) is 19.8 Å². The van der Waals surface area contributed by atoms with Crippen LogP contribution in [0, 0.1) is 0 Å². The summed E-state index contributed by atoms with van der Waals surface area (Å²) in [5.41, 5.74) is 4.07. The lowest BCUT2D eigenvalue weighted by Crippen LogP contribution is -2.49. The fourth-order valence-electron chi connectivity index (χ4n) is 4.24. The van der Waals surface area contributed by atoms with Crippen LogP contribution in [0.15, 0.2) is 54.7 Å². The first-order valence-corrected chi connectivity index (χ1v) is 9.97. The first kappa shape index (κ1) is 18.4. The van der Waals surface area contributed by atoms with Crippen LogP contribution in [-0.2, 0) is 25.0 Å². The average molecular weight is 402 g/mol. The Labute approximate surface area is 174 Å². The second-order valence-corrected chi connectivity index (χ2v) is 7.73. The molecule has 2 aromatic carbocycles. The molecule has 1 fully saturated rings. The number of para-hydroxylation sites is 2. The largest absolute Gasteiger partial charge is 0.485 e. The Morgan fingerprint density at radius 2 is 2.03 bits per heavy atom. The Kier molecular flexibility index (Phi) is 4.31. The van der Waals surface area contributed by atoms with Gasteiger partial charge in [0, 0.05) is 23.9 Å². The normalized spacial score (nSPS) is 18.6. The number of nitrogens with zero attached hydrogens (tertiary/aromatic N) is 3. The maximum Gasteiger partial charge on any atom is 0.255 e. The Bertz CT molecular complexity index is 1200. The van der Waals surface area contributed by atoms with E-state index in [0.29, 0.717) is 43.0 Å². The Morgan fingerprint density at radius 3 is 2.83 bits per heavy atom. The number of benzene rings is 2. The monoisotopic (exact) mass is 402 g/mol. The standard InChI is InChI=1S/C23H22N4O3/c1-14-10-11-19(22(28)24-14)27-12-16-15(23(27)29)6-5-9-20(16)30-13-21-25-17-7-3-4-8-18(17)26(21)2/h3-9,19H,1,10-13H2,2H3,(H,24,28). The molecule has 1 atom stereocenters. The number of hydrogen-bond acceptors (Lipinski definition) is 4. The van der Waals surface area contributed by atoms with Crippen molar-refractivity contribution < 1.29 is 14.3 Å². The molecule has 0 aliphatic carbocycles. The predicted octanol–water partition coefficient (Wildman–Crippen LogP) is 2.90. The first-order chi connectivity index (χ1) is 14.5. The van der Waals surface area contributed by atoms with Gasteiger partial charge in [-0.1, -0.05) is 24.8 Å². The van der Waals surface area contributed by atoms with Crippen LogP contribution in [0.1, 0.15) is 34.6 Å². The highest BCUT2D eigenvalue weighted by Gasteiger charge is 2.39. The van der Waals surface area contributed by atoms with Crippen LogP contribution in [0.25, 0.3) is 11.0 Å². The SMILES string of the molecule is C=C1CCC(N2Cc3c(OCc4nc5ccccc5n4C)cccc3C2=O)C(=O)N1. The van der Waals surface area contributed by atoms with Crippen LogP contribution in [0.2, 0.25) is 0 Å². The van der Waals surface area contributed by atoms with Gasteiger partial charge in [-0.25, -0.2) is 4.98 Å². The van der Waals surface area contributed by atoms with Gasteiger partial charge in [0.05, 0.1) is 17.6 Å². The van der Waals surface area contributed by atoms with Gasteiger partial charge in [0.1, 0.15) is 24.2 Å². The number of aromatic nitrogens is 2. The minimum Gasteiger partial charge on any atom is -0.485 e. The highest BCUT2D eigenvalue weighted by molar-refractivity contribution is 6.02. The number of carbonyl (C=O) groups excluding carboxylic acids is 2. The molecule has 7 heteroatoms. The summed E-state index contributed by atoms with van der Waals surface area (Å²) in [7, 11) is 1.96. The van der Waals surface area contributed by atoms with Crippen LogP contribution in [0.5, 0.6) is 5.75 Å². The summed E-state index contributed by atoms with van der Waals surface area (Å²) in [4.78, 5) is 31.6. The smallest absolute Gasteiger partial charge is 0.255 e. The molecule has 152 valence electrons. The van der Waals surface area contributed by atoms with Gasteiger partial charge in [-0.2, -0.15) is 0 Å². The number of piperidine rings is 1. The molecule has 3 aromatic rings. The highest BCUT2D eigenvalue weighted by Crippen LogP contribution is 2.34. The predicted molar refractivity (Wildman–Crippen MR) is 112 cm³/mol. The van der Waals surface area contributed by atoms with Gasteiger partial charge >= 0.3 is 0 Å². The molecule has 30 heavy (non-hydrogen) atoms. The van der Waals surface area contributed by atoms with Crippen molar-refractivity contribution in [2.45, 2.75) is 32.0 Å². The Morgan fingerprint density at radius 1 is 1.20 bits per heavy atom. The highest BCUT2D eigenvalue weighted by atomic mass is 16.5. The van der Waals surface area contributed by atoms with Crippen LogP contribution >= 0.6 is 0 Å². The lowest BCUT2D eigenvalue weighted by atomic mass is 10.0. The fraction of sp³-hybridized carbons (Fsp3) is 0.261. The number of aryl methyl sites for hydroxylation is 1. The molecule has 1 aromatic heterocycles. The number of ether oxygens (including phenoxy) is 1. The summed E-state index contributed by atoms with van der Waals surface area (Å²) in [5.74, 6) is 1.15. The van der Waals surface area contributed by atoms with E-state index in [2.05, 4.69) is 16.9 Å². The molecule has 0 radical (unpaired) electrons. The van der Waals surface area contributed by atoms with Gasteiger partial charge in [-0.3, -0.25) is 9.59 Å². The molecule has 0 saturated carbocycles. The average Bonchev–Trinajstić information content (AvgIpc) is 3.24. The first-order valence-electron chi connectivity index (χ1n) is 9.97. The summed E-state index contributed by atoms with van der Waals surface area (Å²) in [6.07, 6.45) is 1.26. The number of rotatable bonds is 4. The number of allylic oxidation sites excluding steroid dienone is 1. The van der Waals surface area contributed by atoms with Gasteiger partial charge in [0.25, 0.3) is 5.91 Å². The molecule has 2 aliphatic rings. The minimum absolute atomic E-state index is 0.133. The summed E-state index contributed by atoms with van der Waals surface area (Å²) >= 11 is 0. The lowest BCUT2D eigenvalue weighted by molar-refractivity contribution is -0.126. The summed E-state index contributed by atoms with van der Waals surface area (Å²) in [6, 6.07) is 12.9. The van der Waals surface area contributed by atoms with E-state index in [4.69, 9.17) is 4.74 Å². The van der Waals surface area contributed by atoms with Gasteiger partial charge in [0.15, 0.2) is 0 Å². The van der Waals surface area contributed by atoms with Crippen LogP contribution in [0.4, 0.5) is 0 Å². The third kappa shape index (κ3) is 2.94. The van der Waals surface area contributed by atoms with Crippen molar-refractivity contribution in [1.29, 1.82) is 0 Å². The van der Waals surface area contributed by atoms with Crippen molar-refractivity contribution in [3.8, 4) is 5.75 Å². The lowest BCUT2D eigenvalue weighted by Gasteiger charge is -2.31. The third-order valence-electron chi connectivity index (χ3n) is 5.89. The number of hydrogen-bond donors (Lipinski definition) is 1. The summed E-state index contributed by atoms with van der Waals surface area (Å²) < 4.78 is 8.11. The third-order valence-corrected chi connectivity index (χ3v) is 5.89. The van der Waals surface area contributed by atoms with Gasteiger partial charge in [-0.15, -0.1) is 0 Å². The molecule has 3 heterocycles. The topological polar surface area (TPSA) is 76.5 Å². The molecule has 7 nitrogen and oxygen atoms in total. The molecule has 0 spiro atoms. The number of amides is 2. The molecule has 1 unspecified atom stereocenters. The maximum atomic E-state index is 13.0. The van der Waals surface area contributed by atoms with Crippen LogP contribution in [-0.4, -0.2) is 32.3 Å². The minimum atomic E-state index is -0.483. The van der Waals surface area contributed by atoms with Crippen molar-refractivity contribution in [2.24, 2.45) is 7.05 Å². The Hall–Kier alpha value is -3.61. The number of carbonyl (C=O) groups is 2. The van der Waals surface area contributed by atoms with Gasteiger partial charge in [0.2, 0.25) is 5.91 Å². The fourth-order valence-corrected chi connectivity index (χ4v) is 4.24. The number of fused-ring (bicyclic) bond motifs is 2. The van der Waals surface area contributed by atoms with Crippen molar-refractivity contribution >= 4 is 22.8 Å². The molecular formula is C23H22N4O3. The van der Waals surface area contributed by atoms with Gasteiger partial charge < -0.3 is 19.5 Å². The second-order valence-electron chi connectivity index (χ2n) is 7.73. The van der Waals surface area contributed by atoms with Crippen molar-refractivity contribution in [3.05, 3.63) is 71.7 Å².